The lowest BCUT2D eigenvalue weighted by molar-refractivity contribution is 0.105. The number of carbonyl (C=O) groups excluding carboxylic acids is 1. The van der Waals surface area contributed by atoms with Crippen LogP contribution in [-0.4, -0.2) is 24.6 Å². The zero-order valence-corrected chi connectivity index (χ0v) is 11.1. The van der Waals surface area contributed by atoms with Gasteiger partial charge in [-0.25, -0.2) is 4.79 Å². The Morgan fingerprint density at radius 3 is 2.71 bits per heavy atom. The quantitative estimate of drug-likeness (QED) is 0.858. The zero-order chi connectivity index (χ0) is 12.7. The van der Waals surface area contributed by atoms with Crippen LogP contribution in [0.1, 0.15) is 12.0 Å². The molecule has 1 rings (SSSR count). The van der Waals surface area contributed by atoms with Crippen molar-refractivity contribution in [2.24, 2.45) is 0 Å². The first-order valence-corrected chi connectivity index (χ1v) is 5.92. The third-order valence-electron chi connectivity index (χ3n) is 2.15. The van der Waals surface area contributed by atoms with Crippen LogP contribution in [0.3, 0.4) is 0 Å². The molecule has 0 saturated heterocycles. The summed E-state index contributed by atoms with van der Waals surface area (Å²) in [5.41, 5.74) is 0.926. The zero-order valence-electron chi connectivity index (χ0n) is 9.52. The second kappa shape index (κ2) is 6.92. The number of hydrogen-bond donors (Lipinski definition) is 0. The molecule has 1 aromatic rings. The molecule has 0 heterocycles. The Morgan fingerprint density at radius 2 is 2.12 bits per heavy atom. The monoisotopic (exact) mass is 296 g/mol. The van der Waals surface area contributed by atoms with Crippen molar-refractivity contribution >= 4 is 22.0 Å². The Hall–Kier alpha value is -1.54. The summed E-state index contributed by atoms with van der Waals surface area (Å²) in [6.07, 6.45) is -0.104. The molecule has 4 nitrogen and oxygen atoms in total. The van der Waals surface area contributed by atoms with Crippen LogP contribution in [0.5, 0.6) is 0 Å². The highest BCUT2D eigenvalue weighted by atomic mass is 79.9. The average molecular weight is 297 g/mol. The molecular formula is C12H13BrN2O2. The predicted octanol–water partition coefficient (Wildman–Crippen LogP) is 2.93. The lowest BCUT2D eigenvalue weighted by Gasteiger charge is -2.15. The minimum Gasteiger partial charge on any atom is -0.445 e. The first kappa shape index (κ1) is 13.5. The van der Waals surface area contributed by atoms with Crippen LogP contribution in [0, 0.1) is 11.3 Å². The summed E-state index contributed by atoms with van der Waals surface area (Å²) in [6.45, 7) is 0.624. The molecule has 0 saturated carbocycles. The number of carbonyl (C=O) groups is 1. The normalized spacial score (nSPS) is 9.47. The van der Waals surface area contributed by atoms with Crippen LogP contribution >= 0.6 is 15.9 Å². The Morgan fingerprint density at radius 1 is 1.47 bits per heavy atom. The van der Waals surface area contributed by atoms with Gasteiger partial charge in [0.2, 0.25) is 0 Å². The molecule has 0 aliphatic rings. The molecule has 5 heteroatoms. The molecule has 1 aromatic carbocycles. The molecule has 90 valence electrons. The maximum Gasteiger partial charge on any atom is 0.409 e. The van der Waals surface area contributed by atoms with Crippen molar-refractivity contribution in [1.29, 1.82) is 5.26 Å². The molecule has 0 fully saturated rings. The van der Waals surface area contributed by atoms with Crippen LogP contribution in [0.25, 0.3) is 0 Å². The number of nitrogens with zero attached hydrogens (tertiary/aromatic N) is 2. The highest BCUT2D eigenvalue weighted by Gasteiger charge is 2.09. The molecule has 0 aliphatic heterocycles. The van der Waals surface area contributed by atoms with Crippen molar-refractivity contribution in [3.63, 3.8) is 0 Å². The van der Waals surface area contributed by atoms with Crippen LogP contribution in [0.4, 0.5) is 4.79 Å². The minimum atomic E-state index is -0.414. The van der Waals surface area contributed by atoms with E-state index in [1.165, 1.54) is 4.90 Å². The van der Waals surface area contributed by atoms with Gasteiger partial charge in [-0.15, -0.1) is 0 Å². The Kier molecular flexibility index (Phi) is 5.50. The van der Waals surface area contributed by atoms with E-state index in [1.807, 2.05) is 30.3 Å². The number of hydrogen-bond acceptors (Lipinski definition) is 3. The lowest BCUT2D eigenvalue weighted by atomic mass is 10.2. The van der Waals surface area contributed by atoms with Crippen LogP contribution < -0.4 is 0 Å². The minimum absolute atomic E-state index is 0.239. The first-order chi connectivity index (χ1) is 8.13. The van der Waals surface area contributed by atoms with Gasteiger partial charge in [0.15, 0.2) is 0 Å². The molecule has 17 heavy (non-hydrogen) atoms. The van der Waals surface area contributed by atoms with Crippen LogP contribution in [0.15, 0.2) is 28.7 Å². The van der Waals surface area contributed by atoms with Crippen LogP contribution in [0.2, 0.25) is 0 Å². The molecule has 0 bridgehead atoms. The number of nitriles is 1. The maximum atomic E-state index is 11.5. The van der Waals surface area contributed by atoms with Gasteiger partial charge >= 0.3 is 6.09 Å². The Balaban J connectivity index is 2.37. The largest absolute Gasteiger partial charge is 0.445 e. The van der Waals surface area contributed by atoms with Crippen molar-refractivity contribution in [3.8, 4) is 6.07 Å². The van der Waals surface area contributed by atoms with Crippen molar-refractivity contribution in [1.82, 2.24) is 4.90 Å². The van der Waals surface area contributed by atoms with E-state index in [9.17, 15) is 4.79 Å². The SMILES string of the molecule is CN(CCC#N)C(=O)OCc1ccc(Br)cc1. The Bertz CT molecular complexity index is 412. The van der Waals surface area contributed by atoms with Gasteiger partial charge < -0.3 is 9.64 Å². The van der Waals surface area contributed by atoms with E-state index in [-0.39, 0.29) is 6.61 Å². The van der Waals surface area contributed by atoms with E-state index in [1.54, 1.807) is 7.05 Å². The average Bonchev–Trinajstić information content (AvgIpc) is 2.34. The lowest BCUT2D eigenvalue weighted by Crippen LogP contribution is -2.28. The van der Waals surface area contributed by atoms with Crippen molar-refractivity contribution in [2.45, 2.75) is 13.0 Å². The highest BCUT2D eigenvalue weighted by Crippen LogP contribution is 2.11. The second-order valence-electron chi connectivity index (χ2n) is 3.51. The smallest absolute Gasteiger partial charge is 0.409 e. The van der Waals surface area contributed by atoms with Gasteiger partial charge in [0, 0.05) is 18.1 Å². The summed E-state index contributed by atoms with van der Waals surface area (Å²) < 4.78 is 6.07. The number of ether oxygens (including phenoxy) is 1. The molecule has 0 atom stereocenters. The van der Waals surface area contributed by atoms with E-state index in [2.05, 4.69) is 15.9 Å². The van der Waals surface area contributed by atoms with Crippen molar-refractivity contribution in [3.05, 3.63) is 34.3 Å². The van der Waals surface area contributed by atoms with Crippen molar-refractivity contribution in [2.75, 3.05) is 13.6 Å². The molecule has 0 unspecified atom stereocenters. The molecule has 0 aromatic heterocycles. The van der Waals surface area contributed by atoms with E-state index in [0.29, 0.717) is 13.0 Å². The topological polar surface area (TPSA) is 53.3 Å². The maximum absolute atomic E-state index is 11.5. The number of halogens is 1. The van der Waals surface area contributed by atoms with E-state index >= 15 is 0 Å². The summed E-state index contributed by atoms with van der Waals surface area (Å²) in [6, 6.07) is 9.52. The first-order valence-electron chi connectivity index (χ1n) is 5.13. The number of amides is 1. The van der Waals surface area contributed by atoms with E-state index in [4.69, 9.17) is 10.00 Å². The molecule has 0 N–H and O–H groups in total. The van der Waals surface area contributed by atoms with Crippen LogP contribution in [-0.2, 0) is 11.3 Å². The fourth-order valence-electron chi connectivity index (χ4n) is 1.14. The van der Waals surface area contributed by atoms with Gasteiger partial charge in [0.25, 0.3) is 0 Å². The predicted molar refractivity (Wildman–Crippen MR) is 67.2 cm³/mol. The van der Waals surface area contributed by atoms with Gasteiger partial charge in [-0.05, 0) is 17.7 Å². The van der Waals surface area contributed by atoms with Gasteiger partial charge in [-0.3, -0.25) is 0 Å². The standard InChI is InChI=1S/C12H13BrN2O2/c1-15(8-2-7-14)12(16)17-9-10-3-5-11(13)6-4-10/h3-6H,2,8-9H2,1H3. The molecular weight excluding hydrogens is 284 g/mol. The molecule has 0 aliphatic carbocycles. The second-order valence-corrected chi connectivity index (χ2v) is 4.43. The number of rotatable bonds is 4. The molecule has 0 spiro atoms. The molecule has 0 radical (unpaired) electrons. The summed E-state index contributed by atoms with van der Waals surface area (Å²) in [5.74, 6) is 0. The van der Waals surface area contributed by atoms with E-state index in [0.717, 1.165) is 10.0 Å². The molecule has 1 amide bonds. The summed E-state index contributed by atoms with van der Waals surface area (Å²) in [5, 5.41) is 8.40. The fourth-order valence-corrected chi connectivity index (χ4v) is 1.41. The van der Waals surface area contributed by atoms with Gasteiger partial charge in [0.05, 0.1) is 12.5 Å². The van der Waals surface area contributed by atoms with E-state index < -0.39 is 6.09 Å². The third-order valence-corrected chi connectivity index (χ3v) is 2.67. The summed E-state index contributed by atoms with van der Waals surface area (Å²) in [4.78, 5) is 12.9. The third kappa shape index (κ3) is 4.87. The van der Waals surface area contributed by atoms with Gasteiger partial charge in [-0.2, -0.15) is 5.26 Å². The summed E-state index contributed by atoms with van der Waals surface area (Å²) >= 11 is 3.33. The van der Waals surface area contributed by atoms with Gasteiger partial charge in [0.1, 0.15) is 6.61 Å². The summed E-state index contributed by atoms with van der Waals surface area (Å²) in [7, 11) is 1.61. The number of benzene rings is 1. The highest BCUT2D eigenvalue weighted by molar-refractivity contribution is 9.10. The Labute approximate surface area is 109 Å². The fraction of sp³-hybridized carbons (Fsp3) is 0.333. The van der Waals surface area contributed by atoms with Gasteiger partial charge in [-0.1, -0.05) is 28.1 Å². The van der Waals surface area contributed by atoms with Crippen molar-refractivity contribution < 1.29 is 9.53 Å².